The Kier molecular flexibility index (Phi) is 4.35. The van der Waals surface area contributed by atoms with Crippen molar-refractivity contribution in [2.24, 2.45) is 5.73 Å². The Morgan fingerprint density at radius 2 is 2.36 bits per heavy atom. The number of ether oxygens (including phenoxy) is 1. The Hall–Kier alpha value is -0.610. The van der Waals surface area contributed by atoms with E-state index in [1.807, 2.05) is 4.90 Å². The molecule has 14 heavy (non-hydrogen) atoms. The standard InChI is InChI=1S/C10H20N2O2/c1-8(11)10(13)12-6-4-3-5-9(12)7-14-2/h8-9H,3-7,11H2,1-2H3/t8-,9-/m1/s1. The third-order valence-corrected chi connectivity index (χ3v) is 2.66. The summed E-state index contributed by atoms with van der Waals surface area (Å²) < 4.78 is 5.11. The molecule has 2 atom stereocenters. The van der Waals surface area contributed by atoms with Gasteiger partial charge in [0.15, 0.2) is 0 Å². The number of rotatable bonds is 3. The number of carbonyl (C=O) groups is 1. The Morgan fingerprint density at radius 1 is 1.64 bits per heavy atom. The number of hydrogen-bond donors (Lipinski definition) is 1. The van der Waals surface area contributed by atoms with Crippen molar-refractivity contribution in [3.05, 3.63) is 0 Å². The molecule has 0 aromatic rings. The van der Waals surface area contributed by atoms with Crippen LogP contribution in [0.5, 0.6) is 0 Å². The number of methoxy groups -OCH3 is 1. The van der Waals surface area contributed by atoms with Crippen molar-refractivity contribution in [3.63, 3.8) is 0 Å². The second kappa shape index (κ2) is 5.32. The molecule has 1 aliphatic heterocycles. The fourth-order valence-electron chi connectivity index (χ4n) is 1.92. The van der Waals surface area contributed by atoms with Crippen LogP contribution in [0, 0.1) is 0 Å². The maximum atomic E-state index is 11.7. The summed E-state index contributed by atoms with van der Waals surface area (Å²) in [5.41, 5.74) is 5.59. The lowest BCUT2D eigenvalue weighted by Crippen LogP contribution is -2.51. The zero-order chi connectivity index (χ0) is 10.6. The predicted octanol–water partition coefficient (Wildman–Crippen LogP) is 0.361. The number of likely N-dealkylation sites (tertiary alicyclic amines) is 1. The third kappa shape index (κ3) is 2.69. The molecule has 82 valence electrons. The topological polar surface area (TPSA) is 55.6 Å². The van der Waals surface area contributed by atoms with Crippen molar-refractivity contribution in [2.45, 2.75) is 38.3 Å². The molecule has 1 heterocycles. The van der Waals surface area contributed by atoms with Gasteiger partial charge in [0, 0.05) is 13.7 Å². The van der Waals surface area contributed by atoms with E-state index >= 15 is 0 Å². The lowest BCUT2D eigenvalue weighted by molar-refractivity contribution is -0.137. The van der Waals surface area contributed by atoms with Gasteiger partial charge in [-0.3, -0.25) is 4.79 Å². The lowest BCUT2D eigenvalue weighted by Gasteiger charge is -2.36. The second-order valence-corrected chi connectivity index (χ2v) is 3.93. The lowest BCUT2D eigenvalue weighted by atomic mass is 10.0. The van der Waals surface area contributed by atoms with E-state index in [2.05, 4.69) is 0 Å². The van der Waals surface area contributed by atoms with Crippen molar-refractivity contribution in [2.75, 3.05) is 20.3 Å². The molecule has 4 nitrogen and oxygen atoms in total. The van der Waals surface area contributed by atoms with Gasteiger partial charge in [-0.1, -0.05) is 0 Å². The first-order valence-electron chi connectivity index (χ1n) is 5.21. The Balaban J connectivity index is 2.57. The van der Waals surface area contributed by atoms with Crippen LogP contribution in [0.2, 0.25) is 0 Å². The molecule has 1 amide bonds. The van der Waals surface area contributed by atoms with E-state index in [1.165, 1.54) is 6.42 Å². The van der Waals surface area contributed by atoms with E-state index in [0.29, 0.717) is 6.61 Å². The Bertz CT molecular complexity index is 193. The smallest absolute Gasteiger partial charge is 0.239 e. The first kappa shape index (κ1) is 11.5. The van der Waals surface area contributed by atoms with Gasteiger partial charge < -0.3 is 15.4 Å². The third-order valence-electron chi connectivity index (χ3n) is 2.66. The molecule has 1 rings (SSSR count). The van der Waals surface area contributed by atoms with Crippen molar-refractivity contribution in [1.29, 1.82) is 0 Å². The van der Waals surface area contributed by atoms with Crippen LogP contribution in [0.15, 0.2) is 0 Å². The van der Waals surface area contributed by atoms with Crippen LogP contribution < -0.4 is 5.73 Å². The van der Waals surface area contributed by atoms with Crippen molar-refractivity contribution < 1.29 is 9.53 Å². The molecule has 0 aromatic carbocycles. The molecule has 4 heteroatoms. The number of hydrogen-bond acceptors (Lipinski definition) is 3. The van der Waals surface area contributed by atoms with Crippen LogP contribution in [0.1, 0.15) is 26.2 Å². The molecular weight excluding hydrogens is 180 g/mol. The normalized spacial score (nSPS) is 24.8. The summed E-state index contributed by atoms with van der Waals surface area (Å²) in [5.74, 6) is 0.0479. The molecule has 0 saturated carbocycles. The summed E-state index contributed by atoms with van der Waals surface area (Å²) in [6.45, 7) is 3.19. The average molecular weight is 200 g/mol. The van der Waals surface area contributed by atoms with Gasteiger partial charge in [-0.2, -0.15) is 0 Å². The van der Waals surface area contributed by atoms with Crippen LogP contribution >= 0.6 is 0 Å². The van der Waals surface area contributed by atoms with Gasteiger partial charge in [-0.15, -0.1) is 0 Å². The van der Waals surface area contributed by atoms with E-state index in [1.54, 1.807) is 14.0 Å². The van der Waals surface area contributed by atoms with Crippen LogP contribution in [0.4, 0.5) is 0 Å². The molecule has 0 unspecified atom stereocenters. The van der Waals surface area contributed by atoms with Gasteiger partial charge in [-0.25, -0.2) is 0 Å². The van der Waals surface area contributed by atoms with E-state index in [0.717, 1.165) is 19.4 Å². The highest BCUT2D eigenvalue weighted by Gasteiger charge is 2.27. The molecule has 1 saturated heterocycles. The van der Waals surface area contributed by atoms with Crippen LogP contribution in [0.25, 0.3) is 0 Å². The molecule has 0 aromatic heterocycles. The fourth-order valence-corrected chi connectivity index (χ4v) is 1.92. The number of piperidine rings is 1. The largest absolute Gasteiger partial charge is 0.383 e. The van der Waals surface area contributed by atoms with E-state index in [-0.39, 0.29) is 11.9 Å². The van der Waals surface area contributed by atoms with Gasteiger partial charge in [0.05, 0.1) is 18.7 Å². The summed E-state index contributed by atoms with van der Waals surface area (Å²) >= 11 is 0. The maximum absolute atomic E-state index is 11.7. The Morgan fingerprint density at radius 3 is 2.93 bits per heavy atom. The minimum absolute atomic E-state index is 0.0479. The van der Waals surface area contributed by atoms with Gasteiger partial charge in [-0.05, 0) is 26.2 Å². The van der Waals surface area contributed by atoms with Crippen LogP contribution in [0.3, 0.4) is 0 Å². The summed E-state index contributed by atoms with van der Waals surface area (Å²) in [4.78, 5) is 13.6. The van der Waals surface area contributed by atoms with E-state index in [9.17, 15) is 4.79 Å². The number of nitrogens with zero attached hydrogens (tertiary/aromatic N) is 1. The van der Waals surface area contributed by atoms with Crippen LogP contribution in [-0.2, 0) is 9.53 Å². The number of amides is 1. The molecule has 0 bridgehead atoms. The molecule has 1 aliphatic rings. The summed E-state index contributed by atoms with van der Waals surface area (Å²) in [6.07, 6.45) is 3.29. The fraction of sp³-hybridized carbons (Fsp3) is 0.900. The average Bonchev–Trinajstić information content (AvgIpc) is 2.18. The van der Waals surface area contributed by atoms with Gasteiger partial charge >= 0.3 is 0 Å². The van der Waals surface area contributed by atoms with Gasteiger partial charge in [0.25, 0.3) is 0 Å². The summed E-state index contributed by atoms with van der Waals surface area (Å²) in [6, 6.07) is -0.167. The van der Waals surface area contributed by atoms with Crippen molar-refractivity contribution in [3.8, 4) is 0 Å². The highest BCUT2D eigenvalue weighted by atomic mass is 16.5. The van der Waals surface area contributed by atoms with Gasteiger partial charge in [0.1, 0.15) is 0 Å². The van der Waals surface area contributed by atoms with Crippen LogP contribution in [-0.4, -0.2) is 43.2 Å². The first-order valence-corrected chi connectivity index (χ1v) is 5.21. The molecule has 0 radical (unpaired) electrons. The first-order chi connectivity index (χ1) is 6.66. The highest BCUT2D eigenvalue weighted by Crippen LogP contribution is 2.17. The van der Waals surface area contributed by atoms with Crippen molar-refractivity contribution >= 4 is 5.91 Å². The molecule has 2 N–H and O–H groups in total. The highest BCUT2D eigenvalue weighted by molar-refractivity contribution is 5.81. The maximum Gasteiger partial charge on any atom is 0.239 e. The van der Waals surface area contributed by atoms with Gasteiger partial charge in [0.2, 0.25) is 5.91 Å². The molecule has 0 aliphatic carbocycles. The monoisotopic (exact) mass is 200 g/mol. The van der Waals surface area contributed by atoms with E-state index < -0.39 is 6.04 Å². The molecular formula is C10H20N2O2. The number of nitrogens with two attached hydrogens (primary N) is 1. The molecule has 0 spiro atoms. The van der Waals surface area contributed by atoms with E-state index in [4.69, 9.17) is 10.5 Å². The summed E-state index contributed by atoms with van der Waals surface area (Å²) in [7, 11) is 1.67. The second-order valence-electron chi connectivity index (χ2n) is 3.93. The summed E-state index contributed by atoms with van der Waals surface area (Å²) in [5, 5.41) is 0. The molecule has 1 fully saturated rings. The quantitative estimate of drug-likeness (QED) is 0.715. The number of carbonyl (C=O) groups excluding carboxylic acids is 1. The minimum Gasteiger partial charge on any atom is -0.383 e. The minimum atomic E-state index is -0.396. The predicted molar refractivity (Wildman–Crippen MR) is 54.9 cm³/mol. The van der Waals surface area contributed by atoms with Crippen molar-refractivity contribution in [1.82, 2.24) is 4.90 Å². The zero-order valence-corrected chi connectivity index (χ0v) is 9.03. The Labute approximate surface area is 85.4 Å². The SMILES string of the molecule is COC[C@H]1CCCCN1C(=O)[C@@H](C)N. The zero-order valence-electron chi connectivity index (χ0n) is 9.03.